The lowest BCUT2D eigenvalue weighted by Crippen LogP contribution is -2.60. The molecule has 13 rings (SSSR count). The van der Waals surface area contributed by atoms with Gasteiger partial charge in [-0.3, -0.25) is 28.5 Å². The van der Waals surface area contributed by atoms with Gasteiger partial charge in [0.25, 0.3) is 5.91 Å². The second-order valence-electron chi connectivity index (χ2n) is 24.4. The molecule has 9 heterocycles. The topological polar surface area (TPSA) is 232 Å². The summed E-state index contributed by atoms with van der Waals surface area (Å²) in [4.78, 5) is 105. The predicted octanol–water partition coefficient (Wildman–Crippen LogP) is 9.94. The van der Waals surface area contributed by atoms with Crippen molar-refractivity contribution in [1.82, 2.24) is 38.9 Å². The fourth-order valence-electron chi connectivity index (χ4n) is 14.7. The molecule has 4 fully saturated rings. The quantitative estimate of drug-likeness (QED) is 0.0601. The number of rotatable bonds is 9. The minimum Gasteiger partial charge on any atom is -0.366 e. The van der Waals surface area contributed by atoms with E-state index in [0.717, 1.165) is 72.0 Å². The average Bonchev–Trinajstić information content (AvgIpc) is 1.71. The summed E-state index contributed by atoms with van der Waals surface area (Å²) < 4.78 is 97.5. The molecule has 3 amide bonds. The number of alkyl halides is 6. The van der Waals surface area contributed by atoms with Crippen LogP contribution < -0.4 is 32.6 Å². The van der Waals surface area contributed by atoms with Crippen LogP contribution in [0.15, 0.2) is 71.9 Å². The molecule has 87 heavy (non-hydrogen) atoms. The van der Waals surface area contributed by atoms with Crippen molar-refractivity contribution < 1.29 is 40.7 Å². The highest BCUT2D eigenvalue weighted by Crippen LogP contribution is 2.59. The van der Waals surface area contributed by atoms with Gasteiger partial charge in [-0.1, -0.05) is 19.6 Å². The van der Waals surface area contributed by atoms with Crippen molar-refractivity contribution in [2.75, 3.05) is 47.5 Å². The minimum absolute atomic E-state index is 0.00191. The molecule has 456 valence electrons. The molecule has 4 aliphatic heterocycles. The number of hydrogen-bond acceptors (Lipinski definition) is 15. The van der Waals surface area contributed by atoms with Crippen LogP contribution in [-0.4, -0.2) is 125 Å². The molecule has 2 saturated carbocycles. The van der Waals surface area contributed by atoms with Gasteiger partial charge in [0.05, 0.1) is 38.1 Å². The molecule has 6 aliphatic rings. The number of anilines is 2. The number of piperazine rings is 2. The van der Waals surface area contributed by atoms with Crippen LogP contribution in [0, 0.1) is 22.2 Å². The van der Waals surface area contributed by atoms with Crippen LogP contribution in [0.25, 0.3) is 54.4 Å². The number of nitrogens with zero attached hydrogens (tertiary/aromatic N) is 8. The van der Waals surface area contributed by atoms with E-state index in [1.807, 2.05) is 0 Å². The van der Waals surface area contributed by atoms with Gasteiger partial charge in [-0.05, 0) is 88.3 Å². The molecule has 0 bridgehead atoms. The molecule has 5 aromatic heterocycles. The van der Waals surface area contributed by atoms with Crippen LogP contribution in [0.1, 0.15) is 86.2 Å². The molecule has 0 radical (unpaired) electrons. The number of primary amides is 1. The zero-order valence-corrected chi connectivity index (χ0v) is 50.7. The van der Waals surface area contributed by atoms with Gasteiger partial charge >= 0.3 is 29.4 Å². The third kappa shape index (κ3) is 9.37. The van der Waals surface area contributed by atoms with E-state index >= 15 is 26.3 Å². The first-order valence-electron chi connectivity index (χ1n) is 28.4. The highest BCUT2D eigenvalue weighted by atomic mass is 32.2. The van der Waals surface area contributed by atoms with Crippen LogP contribution in [0.2, 0.25) is 0 Å². The first kappa shape index (κ1) is 58.8. The van der Waals surface area contributed by atoms with E-state index in [1.54, 1.807) is 52.7 Å². The summed E-state index contributed by atoms with van der Waals surface area (Å²) in [6, 6.07) is -0.0743. The number of carbonyl (C=O) groups excluding carboxylic acids is 3. The number of carbonyl (C=O) groups is 3. The van der Waals surface area contributed by atoms with E-state index in [-0.39, 0.29) is 144 Å². The number of amides is 3. The summed E-state index contributed by atoms with van der Waals surface area (Å²) in [6.45, 7) is 15.8. The number of fused-ring (bicyclic) bond motifs is 1. The van der Waals surface area contributed by atoms with Crippen molar-refractivity contribution in [2.24, 2.45) is 22.5 Å². The standard InChI is InChI=1S/C59H58F6N12O6S4/c1-7-39(78)76-26(2)16-72(17-27(76)3)49-32-11-36(58(60,61)62)40(34-20-84-38(15-66)42(34)48(67)79)46-44(32)75(55(83)70-49)23-57(25-87-46)13-31(14-57)30(6)52(80)77-28(4)18-73(19-29(77)5)50-33-12-37(59(63,64)65)41(35-21-85-51-43(35)68-53(81)71-51)47-45(33)74(54(82)69-50)22-56(24-86-47)9-8-10-56/h7,11-12,15,20-21,26-29,31,66H,1,6,8-10,13-14,16-19,22-25H2,2-5H3,(H2,67,79)(H2,68,71,81)/t26-,27+,28-,29+,31?,57?. The molecular weight excluding hydrogens is 1210 g/mol. The van der Waals surface area contributed by atoms with Gasteiger partial charge in [0.15, 0.2) is 0 Å². The van der Waals surface area contributed by atoms with Crippen LogP contribution in [-0.2, 0) is 35.0 Å². The fraction of sp³-hybridized carbons (Fsp3) is 0.441. The molecule has 28 heteroatoms. The van der Waals surface area contributed by atoms with Gasteiger partial charge in [0.2, 0.25) is 11.8 Å². The molecule has 2 aliphatic carbocycles. The Morgan fingerprint density at radius 1 is 0.736 bits per heavy atom. The molecule has 4 atom stereocenters. The lowest BCUT2D eigenvalue weighted by molar-refractivity contribution is -0.137. The number of thiophene rings is 2. The van der Waals surface area contributed by atoms with Crippen LogP contribution in [0.3, 0.4) is 0 Å². The monoisotopic (exact) mass is 1270 g/mol. The van der Waals surface area contributed by atoms with Gasteiger partial charge in [0, 0.05) is 140 Å². The third-order valence-corrected chi connectivity index (χ3v) is 23.4. The number of halogens is 6. The van der Waals surface area contributed by atoms with Crippen molar-refractivity contribution >= 4 is 114 Å². The normalized spacial score (nSPS) is 23.7. The minimum atomic E-state index is -5.02. The number of hydrogen-bond donors (Lipinski definition) is 4. The maximum atomic E-state index is 15.8. The Morgan fingerprint density at radius 2 is 1.23 bits per heavy atom. The van der Waals surface area contributed by atoms with Gasteiger partial charge in [-0.25, -0.2) is 14.4 Å². The Morgan fingerprint density at radius 3 is 1.71 bits per heavy atom. The van der Waals surface area contributed by atoms with Crippen molar-refractivity contribution in [3.8, 4) is 22.3 Å². The number of nitrogens with one attached hydrogen (secondary N) is 3. The smallest absolute Gasteiger partial charge is 0.366 e. The molecule has 18 nitrogen and oxygen atoms in total. The van der Waals surface area contributed by atoms with Gasteiger partial charge in [-0.2, -0.15) is 36.3 Å². The molecule has 2 saturated heterocycles. The van der Waals surface area contributed by atoms with E-state index in [1.165, 1.54) is 32.4 Å². The van der Waals surface area contributed by atoms with E-state index in [0.29, 0.717) is 28.9 Å². The van der Waals surface area contributed by atoms with Crippen molar-refractivity contribution in [2.45, 2.75) is 119 Å². The number of thioether (sulfide) groups is 2. The summed E-state index contributed by atoms with van der Waals surface area (Å²) in [5.74, 6) is -1.50. The number of nitrogens with two attached hydrogens (primary N) is 1. The maximum Gasteiger partial charge on any atom is 0.417 e. The van der Waals surface area contributed by atoms with Crippen LogP contribution >= 0.6 is 46.2 Å². The maximum absolute atomic E-state index is 15.8. The van der Waals surface area contributed by atoms with E-state index in [2.05, 4.69) is 33.1 Å². The summed E-state index contributed by atoms with van der Waals surface area (Å²) in [5, 5.41) is 11.1. The number of aromatic amines is 2. The third-order valence-electron chi connectivity index (χ3n) is 18.7. The Balaban J connectivity index is 0.822. The summed E-state index contributed by atoms with van der Waals surface area (Å²) in [5.41, 5.74) is 1.04. The van der Waals surface area contributed by atoms with Gasteiger partial charge < -0.3 is 35.7 Å². The largest absolute Gasteiger partial charge is 0.417 e. The second kappa shape index (κ2) is 20.7. The van der Waals surface area contributed by atoms with Crippen LogP contribution in [0.5, 0.6) is 0 Å². The highest BCUT2D eigenvalue weighted by molar-refractivity contribution is 8.00. The SMILES string of the molecule is C=CC(=O)N1[C@H](C)CN(c2nc(=O)n3c4c(c(-c5csc(C=N)c5C(N)=O)c(C(F)(F)F)cc24)SCC2(CC(C(=C)C(=O)N4[C@H](C)CN(c5nc(=O)n6c7c(c(-c8csc9[nH]c(=O)[nH]c89)c(C(F)(F)F)cc57)SCC5(CCC5)C6)C[C@@H]4C)C2)C3)C[C@@H]1C. The molecule has 5 N–H and O–H groups in total. The lowest BCUT2D eigenvalue weighted by Gasteiger charge is -2.50. The first-order valence-corrected chi connectivity index (χ1v) is 32.1. The van der Waals surface area contributed by atoms with Crippen LogP contribution in [0.4, 0.5) is 38.0 Å². The lowest BCUT2D eigenvalue weighted by atomic mass is 9.60. The van der Waals surface area contributed by atoms with Gasteiger partial charge in [0.1, 0.15) is 16.5 Å². The summed E-state index contributed by atoms with van der Waals surface area (Å²) in [7, 11) is 0. The Hall–Kier alpha value is -7.17. The number of benzene rings is 2. The number of H-pyrrole nitrogens is 2. The molecular formula is C59H58F6N12O6S4. The Labute approximate surface area is 508 Å². The predicted molar refractivity (Wildman–Crippen MR) is 326 cm³/mol. The van der Waals surface area contributed by atoms with E-state index in [4.69, 9.17) is 11.1 Å². The first-order chi connectivity index (χ1) is 41.1. The van der Waals surface area contributed by atoms with Crippen molar-refractivity contribution in [3.63, 3.8) is 0 Å². The number of imidazole rings is 1. The van der Waals surface area contributed by atoms with Crippen molar-refractivity contribution in [1.29, 1.82) is 5.41 Å². The number of aromatic nitrogens is 6. The van der Waals surface area contributed by atoms with Gasteiger partial charge in [-0.15, -0.1) is 46.2 Å². The fourth-order valence-corrected chi connectivity index (χ4v) is 19.5. The summed E-state index contributed by atoms with van der Waals surface area (Å²) >= 11 is 4.38. The molecule has 0 unspecified atom stereocenters. The second-order valence-corrected chi connectivity index (χ2v) is 28.2. The van der Waals surface area contributed by atoms with Crippen molar-refractivity contribution in [3.05, 3.63) is 101 Å². The molecule has 7 aromatic rings. The Kier molecular flexibility index (Phi) is 14.0. The highest BCUT2D eigenvalue weighted by Gasteiger charge is 2.52. The zero-order valence-electron chi connectivity index (χ0n) is 47.5. The average molecular weight is 1270 g/mol. The van der Waals surface area contributed by atoms with E-state index in [9.17, 15) is 28.8 Å². The molecule has 2 aromatic carbocycles. The summed E-state index contributed by atoms with van der Waals surface area (Å²) in [6.07, 6.45) is -4.77. The zero-order chi connectivity index (χ0) is 61.9. The Bertz CT molecular complexity index is 4330. The van der Waals surface area contributed by atoms with E-state index < -0.39 is 82.0 Å². The molecule has 2 spiro atoms.